The number of piperidine rings is 2. The third-order valence-corrected chi connectivity index (χ3v) is 9.65. The summed E-state index contributed by atoms with van der Waals surface area (Å²) in [6.45, 7) is 9.52. The third-order valence-electron chi connectivity index (χ3n) is 9.65. The van der Waals surface area contributed by atoms with Crippen molar-refractivity contribution in [3.8, 4) is 11.3 Å². The summed E-state index contributed by atoms with van der Waals surface area (Å²) in [6.07, 6.45) is 12.9. The molecule has 7 rings (SSSR count). The van der Waals surface area contributed by atoms with E-state index in [1.807, 2.05) is 59.4 Å². The second kappa shape index (κ2) is 14.7. The van der Waals surface area contributed by atoms with E-state index in [1.165, 1.54) is 19.3 Å². The monoisotopic (exact) mass is 658 g/mol. The lowest BCUT2D eigenvalue weighted by Gasteiger charge is -2.30. The van der Waals surface area contributed by atoms with Gasteiger partial charge in [-0.25, -0.2) is 0 Å². The van der Waals surface area contributed by atoms with Crippen LogP contribution in [0.1, 0.15) is 63.0 Å². The minimum atomic E-state index is -0.120. The molecule has 0 spiro atoms. The van der Waals surface area contributed by atoms with Crippen LogP contribution in [-0.4, -0.2) is 74.1 Å². The van der Waals surface area contributed by atoms with Crippen molar-refractivity contribution in [3.05, 3.63) is 84.2 Å². The number of carbonyl (C=O) groups excluding carboxylic acids is 1. The molecule has 0 atom stereocenters. The van der Waals surface area contributed by atoms with Gasteiger partial charge >= 0.3 is 0 Å². The zero-order valence-electron chi connectivity index (χ0n) is 28.5. The van der Waals surface area contributed by atoms with Crippen LogP contribution in [0.25, 0.3) is 27.7 Å². The Kier molecular flexibility index (Phi) is 9.81. The highest BCUT2D eigenvalue weighted by Gasteiger charge is 2.22. The van der Waals surface area contributed by atoms with Gasteiger partial charge < -0.3 is 21.3 Å². The predicted molar refractivity (Wildman–Crippen MR) is 197 cm³/mol. The van der Waals surface area contributed by atoms with E-state index in [9.17, 15) is 4.79 Å². The van der Waals surface area contributed by atoms with Crippen molar-refractivity contribution >= 4 is 39.9 Å². The van der Waals surface area contributed by atoms with E-state index in [2.05, 4.69) is 51.5 Å². The van der Waals surface area contributed by atoms with Crippen molar-refractivity contribution in [3.63, 3.8) is 0 Å². The molecule has 2 fully saturated rings. The number of nitrogens with zero attached hydrogens (tertiary/aromatic N) is 7. The smallest absolute Gasteiger partial charge is 0.248 e. The highest BCUT2D eigenvalue weighted by molar-refractivity contribution is 6.02. The zero-order chi connectivity index (χ0) is 33.7. The van der Waals surface area contributed by atoms with Gasteiger partial charge in [0.1, 0.15) is 0 Å². The number of pyridine rings is 1. The molecular formula is C38H46N10O. The average Bonchev–Trinajstić information content (AvgIpc) is 3.56. The van der Waals surface area contributed by atoms with Gasteiger partial charge in [-0.2, -0.15) is 19.6 Å². The molecule has 2 saturated heterocycles. The van der Waals surface area contributed by atoms with E-state index in [0.29, 0.717) is 18.4 Å². The van der Waals surface area contributed by atoms with Gasteiger partial charge in [0.2, 0.25) is 17.8 Å². The Labute approximate surface area is 287 Å². The summed E-state index contributed by atoms with van der Waals surface area (Å²) in [7, 11) is 0. The van der Waals surface area contributed by atoms with Crippen LogP contribution in [0.3, 0.4) is 0 Å². The number of rotatable bonds is 10. The minimum absolute atomic E-state index is 0.120. The summed E-state index contributed by atoms with van der Waals surface area (Å²) >= 11 is 0. The molecule has 2 aliphatic heterocycles. The number of anilines is 3. The molecule has 4 N–H and O–H groups in total. The lowest BCUT2D eigenvalue weighted by molar-refractivity contribution is -0.111. The average molecular weight is 659 g/mol. The van der Waals surface area contributed by atoms with Gasteiger partial charge in [0.25, 0.3) is 0 Å². The molecule has 2 aromatic carbocycles. The van der Waals surface area contributed by atoms with E-state index in [0.717, 1.165) is 90.1 Å². The predicted octanol–water partition coefficient (Wildman–Crippen LogP) is 5.98. The topological polar surface area (TPSA) is 130 Å². The van der Waals surface area contributed by atoms with Gasteiger partial charge in [-0.1, -0.05) is 56.7 Å². The van der Waals surface area contributed by atoms with Crippen LogP contribution in [0.5, 0.6) is 0 Å². The number of amides is 1. The summed E-state index contributed by atoms with van der Waals surface area (Å²) in [5.74, 6) is 1.50. The molecule has 3 aromatic heterocycles. The number of nitrogens with two attached hydrogens (primary N) is 1. The molecule has 11 heteroatoms. The molecule has 0 aliphatic carbocycles. The second-order valence-corrected chi connectivity index (χ2v) is 13.5. The first-order valence-corrected chi connectivity index (χ1v) is 17.6. The molecule has 0 radical (unpaired) electrons. The third kappa shape index (κ3) is 7.42. The molecule has 1 amide bonds. The number of nitrogens with one attached hydrogen (secondary N) is 2. The zero-order valence-corrected chi connectivity index (χ0v) is 28.5. The molecule has 5 aromatic rings. The first-order valence-electron chi connectivity index (χ1n) is 17.6. The molecule has 11 nitrogen and oxygen atoms in total. The quantitative estimate of drug-likeness (QED) is 0.155. The van der Waals surface area contributed by atoms with Gasteiger partial charge in [0.05, 0.1) is 11.9 Å². The van der Waals surface area contributed by atoms with Crippen molar-refractivity contribution in [2.45, 2.75) is 64.5 Å². The number of carbonyl (C=O) groups is 1. The first kappa shape index (κ1) is 32.7. The van der Waals surface area contributed by atoms with Gasteiger partial charge in [0.15, 0.2) is 5.65 Å². The minimum Gasteiger partial charge on any atom is -0.350 e. The van der Waals surface area contributed by atoms with Crippen molar-refractivity contribution in [1.29, 1.82) is 0 Å². The fraction of sp³-hybridized carbons (Fsp3) is 0.395. The molecule has 5 heterocycles. The number of aromatic nitrogens is 5. The number of likely N-dealkylation sites (tertiary alicyclic amines) is 1. The van der Waals surface area contributed by atoms with E-state index < -0.39 is 0 Å². The van der Waals surface area contributed by atoms with E-state index >= 15 is 0 Å². The van der Waals surface area contributed by atoms with Crippen molar-refractivity contribution in [2.75, 3.05) is 48.3 Å². The molecular weight excluding hydrogens is 612 g/mol. The Hall–Kier alpha value is -4.87. The normalized spacial score (nSPS) is 16.3. The van der Waals surface area contributed by atoms with Crippen molar-refractivity contribution < 1.29 is 4.79 Å². The number of benzene rings is 2. The van der Waals surface area contributed by atoms with Gasteiger partial charge in [-0.05, 0) is 73.8 Å². The largest absolute Gasteiger partial charge is 0.350 e. The van der Waals surface area contributed by atoms with Crippen LogP contribution in [0.15, 0.2) is 73.1 Å². The van der Waals surface area contributed by atoms with E-state index in [-0.39, 0.29) is 17.9 Å². The van der Waals surface area contributed by atoms with Crippen LogP contribution in [-0.2, 0) is 11.3 Å². The van der Waals surface area contributed by atoms with Gasteiger partial charge in [0, 0.05) is 66.7 Å². The molecule has 254 valence electrons. The Balaban J connectivity index is 1.11. The Morgan fingerprint density at radius 2 is 1.84 bits per heavy atom. The number of hydrogen-bond donors (Lipinski definition) is 3. The molecule has 2 aliphatic rings. The standard InChI is InChI=1S/C38H46N10O/c1-26(2)33-25-42-48-36(33)44-38(47-21-15-29(39)16-22-47)45-37(48)41-24-28-9-4-5-10-31(28)35-32-13-12-30(23-27(32)14-17-40-35)43-34(49)11-8-20-46-18-6-3-7-19-46/h4-5,8-14,17,23,25-26,29H,3,6-7,15-16,18-22,24,39H2,1-2H3,(H,43,49)(H,41,44,45)/b11-8+. The summed E-state index contributed by atoms with van der Waals surface area (Å²) in [4.78, 5) is 32.1. The molecule has 49 heavy (non-hydrogen) atoms. The maximum Gasteiger partial charge on any atom is 0.248 e. The van der Waals surface area contributed by atoms with E-state index in [4.69, 9.17) is 20.7 Å². The van der Waals surface area contributed by atoms with Gasteiger partial charge in [-0.3, -0.25) is 14.7 Å². The Morgan fingerprint density at radius 3 is 2.65 bits per heavy atom. The van der Waals surface area contributed by atoms with Crippen LogP contribution in [0.2, 0.25) is 0 Å². The fourth-order valence-corrected chi connectivity index (χ4v) is 6.83. The summed E-state index contributed by atoms with van der Waals surface area (Å²) in [6, 6.07) is 16.5. The van der Waals surface area contributed by atoms with Crippen LogP contribution >= 0.6 is 0 Å². The maximum atomic E-state index is 12.7. The lowest BCUT2D eigenvalue weighted by Crippen LogP contribution is -2.40. The van der Waals surface area contributed by atoms with E-state index in [1.54, 1.807) is 6.08 Å². The number of hydrogen-bond acceptors (Lipinski definition) is 9. The van der Waals surface area contributed by atoms with Crippen LogP contribution in [0, 0.1) is 0 Å². The number of fused-ring (bicyclic) bond motifs is 2. The van der Waals surface area contributed by atoms with Crippen molar-refractivity contribution in [2.24, 2.45) is 5.73 Å². The Bertz CT molecular complexity index is 1950. The summed E-state index contributed by atoms with van der Waals surface area (Å²) in [5.41, 5.74) is 11.8. The maximum absolute atomic E-state index is 12.7. The highest BCUT2D eigenvalue weighted by atomic mass is 16.1. The summed E-state index contributed by atoms with van der Waals surface area (Å²) in [5, 5.41) is 13.3. The molecule has 0 unspecified atom stereocenters. The molecule has 0 saturated carbocycles. The Morgan fingerprint density at radius 1 is 1.02 bits per heavy atom. The SMILES string of the molecule is CC(C)c1cnn2c(NCc3ccccc3-c3nccc4cc(NC(=O)/C=C/CN5CCCCC5)ccc34)nc(N3CCC(N)CC3)nc12. The van der Waals surface area contributed by atoms with Crippen LogP contribution < -0.4 is 21.3 Å². The first-order chi connectivity index (χ1) is 23.9. The van der Waals surface area contributed by atoms with Crippen LogP contribution in [0.4, 0.5) is 17.6 Å². The van der Waals surface area contributed by atoms with Crippen molar-refractivity contribution in [1.82, 2.24) is 29.5 Å². The summed E-state index contributed by atoms with van der Waals surface area (Å²) < 4.78 is 1.81. The molecule has 0 bridgehead atoms. The second-order valence-electron chi connectivity index (χ2n) is 13.5. The lowest BCUT2D eigenvalue weighted by atomic mass is 9.99. The highest BCUT2D eigenvalue weighted by Crippen LogP contribution is 2.32. The van der Waals surface area contributed by atoms with Gasteiger partial charge in [-0.15, -0.1) is 0 Å². The fourth-order valence-electron chi connectivity index (χ4n) is 6.83.